The van der Waals surface area contributed by atoms with E-state index in [1.54, 1.807) is 0 Å². The van der Waals surface area contributed by atoms with E-state index < -0.39 is 29.9 Å². The van der Waals surface area contributed by atoms with Crippen LogP contribution in [0.1, 0.15) is 39.5 Å². The van der Waals surface area contributed by atoms with Gasteiger partial charge in [0.2, 0.25) is 5.78 Å². The van der Waals surface area contributed by atoms with Crippen LogP contribution in [0.5, 0.6) is 0 Å². The van der Waals surface area contributed by atoms with Gasteiger partial charge in [-0.25, -0.2) is 0 Å². The number of likely N-dealkylation sites (N-methyl/N-ethyl adjacent to an activating group) is 1. The minimum atomic E-state index is -1.09. The summed E-state index contributed by atoms with van der Waals surface area (Å²) in [5.74, 6) is -1.10. The van der Waals surface area contributed by atoms with Crippen LogP contribution >= 0.6 is 0 Å². The Bertz CT molecular complexity index is 443. The van der Waals surface area contributed by atoms with Crippen molar-refractivity contribution in [3.05, 3.63) is 0 Å². The number of carbonyl (C=O) groups excluding carboxylic acids is 2. The molecule has 3 unspecified atom stereocenters. The van der Waals surface area contributed by atoms with Crippen molar-refractivity contribution in [2.75, 3.05) is 19.6 Å². The first-order valence-corrected chi connectivity index (χ1v) is 8.52. The van der Waals surface area contributed by atoms with Gasteiger partial charge >= 0.3 is 5.97 Å². The Morgan fingerprint density at radius 1 is 1.29 bits per heavy atom. The van der Waals surface area contributed by atoms with E-state index in [1.165, 1.54) is 6.42 Å². The summed E-state index contributed by atoms with van der Waals surface area (Å²) in [5.41, 5.74) is 0. The highest BCUT2D eigenvalue weighted by molar-refractivity contribution is 6.37. The van der Waals surface area contributed by atoms with Crippen LogP contribution in [0.3, 0.4) is 0 Å². The Hall–Kier alpha value is -1.51. The molecule has 0 spiro atoms. The van der Waals surface area contributed by atoms with Gasteiger partial charge in [0.1, 0.15) is 6.23 Å². The monoisotopic (exact) mass is 343 g/mol. The summed E-state index contributed by atoms with van der Waals surface area (Å²) in [6.45, 7) is 5.05. The lowest BCUT2D eigenvalue weighted by molar-refractivity contribution is -0.139. The summed E-state index contributed by atoms with van der Waals surface area (Å²) >= 11 is 0. The second-order valence-corrected chi connectivity index (χ2v) is 6.38. The van der Waals surface area contributed by atoms with E-state index in [0.717, 1.165) is 12.3 Å². The van der Waals surface area contributed by atoms with Gasteiger partial charge in [-0.15, -0.1) is 0 Å². The number of Topliss-reactive ketones (excluding diaryl/α,β-unsaturated/α-hetero) is 1. The van der Waals surface area contributed by atoms with Gasteiger partial charge < -0.3 is 20.8 Å². The molecule has 8 nitrogen and oxygen atoms in total. The number of ketones is 1. The summed E-state index contributed by atoms with van der Waals surface area (Å²) in [4.78, 5) is 34.3. The van der Waals surface area contributed by atoms with Gasteiger partial charge in [0.15, 0.2) is 0 Å². The van der Waals surface area contributed by atoms with E-state index in [1.807, 2.05) is 6.92 Å². The van der Waals surface area contributed by atoms with Crippen LogP contribution in [0.15, 0.2) is 0 Å². The number of carbonyl (C=O) groups is 3. The Balaban J connectivity index is 2.46. The molecule has 1 aliphatic carbocycles. The Kier molecular flexibility index (Phi) is 8.88. The highest BCUT2D eigenvalue weighted by Crippen LogP contribution is 2.39. The molecule has 1 rings (SSSR count). The molecule has 24 heavy (non-hydrogen) atoms. The third kappa shape index (κ3) is 7.85. The molecule has 0 saturated heterocycles. The fourth-order valence-electron chi connectivity index (χ4n) is 2.52. The van der Waals surface area contributed by atoms with Gasteiger partial charge in [-0.05, 0) is 44.2 Å². The lowest BCUT2D eigenvalue weighted by Gasteiger charge is -2.24. The second-order valence-electron chi connectivity index (χ2n) is 6.38. The van der Waals surface area contributed by atoms with Crippen molar-refractivity contribution in [1.82, 2.24) is 16.0 Å². The molecule has 0 aromatic rings. The minimum absolute atomic E-state index is 0.0452. The molecule has 0 heterocycles. The third-order valence-electron chi connectivity index (χ3n) is 4.30. The lowest BCUT2D eigenvalue weighted by Crippen LogP contribution is -2.52. The van der Waals surface area contributed by atoms with Gasteiger partial charge in [0, 0.05) is 6.42 Å². The molecule has 0 radical (unpaired) electrons. The van der Waals surface area contributed by atoms with Crippen LogP contribution in [-0.4, -0.2) is 59.8 Å². The summed E-state index contributed by atoms with van der Waals surface area (Å²) < 4.78 is 0. The number of amides is 1. The van der Waals surface area contributed by atoms with Gasteiger partial charge in [-0.1, -0.05) is 13.8 Å². The Morgan fingerprint density at radius 3 is 2.50 bits per heavy atom. The molecular weight excluding hydrogens is 314 g/mol. The van der Waals surface area contributed by atoms with Crippen molar-refractivity contribution in [3.8, 4) is 0 Å². The number of aliphatic hydroxyl groups excluding tert-OH is 1. The number of aliphatic carboxylic acids is 1. The van der Waals surface area contributed by atoms with Gasteiger partial charge in [0.05, 0.1) is 12.6 Å². The number of rotatable bonds is 13. The molecule has 1 saturated carbocycles. The van der Waals surface area contributed by atoms with Crippen molar-refractivity contribution in [3.63, 3.8) is 0 Å². The summed E-state index contributed by atoms with van der Waals surface area (Å²) in [6.07, 6.45) is 0.871. The van der Waals surface area contributed by atoms with Gasteiger partial charge in [-0.3, -0.25) is 19.7 Å². The molecule has 1 amide bonds. The standard InChI is InChI=1S/C16H29N3O5/c1-3-17-9-13(20)16(24)19-12(4-5-14(21)22)15(23)18-7-6-11-8-10(11)2/h10-12,15,17-18,23H,3-9H2,1-2H3,(H,19,24)(H,21,22)/t10?,11?,12-,15?/m0/s1. The first-order valence-electron chi connectivity index (χ1n) is 8.52. The third-order valence-corrected chi connectivity index (χ3v) is 4.30. The molecule has 8 heteroatoms. The number of hydrogen-bond donors (Lipinski definition) is 5. The zero-order valence-corrected chi connectivity index (χ0v) is 14.4. The van der Waals surface area contributed by atoms with Gasteiger partial charge in [-0.2, -0.15) is 0 Å². The number of carboxylic acids is 1. The topological polar surface area (TPSA) is 128 Å². The first kappa shape index (κ1) is 20.5. The normalized spacial score (nSPS) is 21.8. The zero-order chi connectivity index (χ0) is 18.1. The van der Waals surface area contributed by atoms with Crippen LogP contribution in [-0.2, 0) is 14.4 Å². The molecule has 5 N–H and O–H groups in total. The van der Waals surface area contributed by atoms with E-state index in [9.17, 15) is 19.5 Å². The predicted molar refractivity (Wildman–Crippen MR) is 88.2 cm³/mol. The quantitative estimate of drug-likeness (QED) is 0.225. The van der Waals surface area contributed by atoms with E-state index in [0.29, 0.717) is 19.0 Å². The smallest absolute Gasteiger partial charge is 0.303 e. The number of carboxylic acid groups (broad SMARTS) is 1. The molecule has 1 aliphatic rings. The maximum absolute atomic E-state index is 11.9. The van der Waals surface area contributed by atoms with Crippen LogP contribution in [0.25, 0.3) is 0 Å². The molecular formula is C16H29N3O5. The summed E-state index contributed by atoms with van der Waals surface area (Å²) in [7, 11) is 0. The maximum atomic E-state index is 11.9. The Labute approximate surface area is 142 Å². The second kappa shape index (κ2) is 10.4. The maximum Gasteiger partial charge on any atom is 0.303 e. The summed E-state index contributed by atoms with van der Waals surface area (Å²) in [6, 6.07) is -0.823. The SMILES string of the molecule is CCNCC(=O)C(=O)N[C@@H](CCC(=O)O)C(O)NCCC1CC1C. The van der Waals surface area contributed by atoms with Crippen molar-refractivity contribution in [2.45, 2.75) is 51.8 Å². The van der Waals surface area contributed by atoms with Crippen molar-refractivity contribution >= 4 is 17.7 Å². The van der Waals surface area contributed by atoms with E-state index in [2.05, 4.69) is 22.9 Å². The molecule has 0 aliphatic heterocycles. The van der Waals surface area contributed by atoms with Crippen LogP contribution < -0.4 is 16.0 Å². The Morgan fingerprint density at radius 2 is 1.96 bits per heavy atom. The number of nitrogens with one attached hydrogen (secondary N) is 3. The van der Waals surface area contributed by atoms with Crippen molar-refractivity contribution in [1.29, 1.82) is 0 Å². The molecule has 0 aromatic carbocycles. The van der Waals surface area contributed by atoms with Crippen LogP contribution in [0.2, 0.25) is 0 Å². The van der Waals surface area contributed by atoms with Gasteiger partial charge in [0.25, 0.3) is 5.91 Å². The zero-order valence-electron chi connectivity index (χ0n) is 14.4. The fourth-order valence-corrected chi connectivity index (χ4v) is 2.52. The summed E-state index contributed by atoms with van der Waals surface area (Å²) in [5, 5.41) is 27.1. The molecule has 4 atom stereocenters. The highest BCUT2D eigenvalue weighted by Gasteiger charge is 2.32. The predicted octanol–water partition coefficient (Wildman–Crippen LogP) is -0.531. The number of aliphatic hydroxyl groups is 1. The average Bonchev–Trinajstić information content (AvgIpc) is 3.23. The van der Waals surface area contributed by atoms with Crippen LogP contribution in [0.4, 0.5) is 0 Å². The fraction of sp³-hybridized carbons (Fsp3) is 0.812. The average molecular weight is 343 g/mol. The first-order chi connectivity index (χ1) is 11.3. The highest BCUT2D eigenvalue weighted by atomic mass is 16.4. The van der Waals surface area contributed by atoms with E-state index >= 15 is 0 Å². The van der Waals surface area contributed by atoms with Crippen molar-refractivity contribution < 1.29 is 24.6 Å². The van der Waals surface area contributed by atoms with Crippen LogP contribution in [0, 0.1) is 11.8 Å². The lowest BCUT2D eigenvalue weighted by atomic mass is 10.1. The minimum Gasteiger partial charge on any atom is -0.481 e. The van der Waals surface area contributed by atoms with E-state index in [4.69, 9.17) is 5.11 Å². The van der Waals surface area contributed by atoms with E-state index in [-0.39, 0.29) is 19.4 Å². The largest absolute Gasteiger partial charge is 0.481 e. The molecule has 0 aromatic heterocycles. The number of hydrogen-bond acceptors (Lipinski definition) is 6. The molecule has 1 fully saturated rings. The van der Waals surface area contributed by atoms with Crippen molar-refractivity contribution in [2.24, 2.45) is 11.8 Å². The molecule has 138 valence electrons. The molecule has 0 bridgehead atoms.